The molecule has 0 radical (unpaired) electrons. The summed E-state index contributed by atoms with van der Waals surface area (Å²) >= 11 is 0. The molecular formula is C37H57F2N5O3. The van der Waals surface area contributed by atoms with Crippen LogP contribution >= 0.6 is 0 Å². The molecule has 3 amide bonds. The van der Waals surface area contributed by atoms with Crippen molar-refractivity contribution in [3.05, 3.63) is 35.4 Å². The minimum Gasteiger partial charge on any atom is -0.338 e. The molecule has 4 aliphatic rings. The number of piperazine rings is 1. The number of likely N-dealkylation sites (tertiary alicyclic amines) is 2. The number of halogens is 2. The third kappa shape index (κ3) is 7.69. The topological polar surface area (TPSA) is 67.4 Å². The van der Waals surface area contributed by atoms with Crippen molar-refractivity contribution in [3.8, 4) is 0 Å². The molecular weight excluding hydrogens is 600 g/mol. The van der Waals surface area contributed by atoms with Gasteiger partial charge in [-0.15, -0.1) is 0 Å². The van der Waals surface area contributed by atoms with Gasteiger partial charge in [0.05, 0.1) is 12.0 Å². The summed E-state index contributed by atoms with van der Waals surface area (Å²) in [5.41, 5.74) is -0.558. The van der Waals surface area contributed by atoms with Crippen LogP contribution in [-0.2, 0) is 14.4 Å². The maximum absolute atomic E-state index is 15.3. The normalized spacial score (nSPS) is 29.7. The van der Waals surface area contributed by atoms with Crippen LogP contribution in [0.4, 0.5) is 8.78 Å². The number of carbonyl (C=O) groups is 3. The van der Waals surface area contributed by atoms with Gasteiger partial charge in [-0.2, -0.15) is 0 Å². The van der Waals surface area contributed by atoms with Crippen molar-refractivity contribution in [1.82, 2.24) is 24.5 Å². The highest BCUT2D eigenvalue weighted by Gasteiger charge is 2.52. The highest BCUT2D eigenvalue weighted by atomic mass is 19.1. The Hall–Kier alpha value is -2.59. The maximum Gasteiger partial charge on any atom is 0.245 e. The highest BCUT2D eigenvalue weighted by Crippen LogP contribution is 2.41. The molecule has 0 bridgehead atoms. The van der Waals surface area contributed by atoms with Crippen molar-refractivity contribution in [3.63, 3.8) is 0 Å². The first kappa shape index (κ1) is 35.7. The van der Waals surface area contributed by atoms with E-state index in [2.05, 4.69) is 42.4 Å². The van der Waals surface area contributed by atoms with E-state index in [0.717, 1.165) is 44.8 Å². The molecule has 4 atom stereocenters. The lowest BCUT2D eigenvalue weighted by Gasteiger charge is -2.42. The van der Waals surface area contributed by atoms with E-state index in [4.69, 9.17) is 0 Å². The summed E-state index contributed by atoms with van der Waals surface area (Å²) in [6.07, 6.45) is 4.33. The Morgan fingerprint density at radius 2 is 1.47 bits per heavy atom. The molecule has 1 aromatic carbocycles. The molecule has 47 heavy (non-hydrogen) atoms. The average Bonchev–Trinajstić information content (AvgIpc) is 3.63. The van der Waals surface area contributed by atoms with Crippen LogP contribution in [0, 0.1) is 28.9 Å². The fraction of sp³-hybridized carbons (Fsp3) is 0.757. The number of rotatable bonds is 5. The molecule has 0 N–H and O–H groups in total. The van der Waals surface area contributed by atoms with Crippen molar-refractivity contribution >= 4 is 17.7 Å². The molecule has 1 saturated carbocycles. The van der Waals surface area contributed by atoms with Crippen LogP contribution in [0.1, 0.15) is 92.1 Å². The number of hydrogen-bond donors (Lipinski definition) is 0. The molecule has 0 spiro atoms. The van der Waals surface area contributed by atoms with Crippen molar-refractivity contribution in [1.29, 1.82) is 0 Å². The zero-order chi connectivity index (χ0) is 34.4. The van der Waals surface area contributed by atoms with Crippen LogP contribution in [-0.4, -0.2) is 119 Å². The van der Waals surface area contributed by atoms with Crippen LogP contribution in [0.3, 0.4) is 0 Å². The van der Waals surface area contributed by atoms with E-state index in [-0.39, 0.29) is 41.9 Å². The molecule has 3 heterocycles. The SMILES string of the molecule is CN1CCN(C(=O)[C@@H]2C[C@H](N(C(=O)C(C)(C)C)[C@H]3CC[C@@H](C)CC3)CN2C(=O)[C@@H]2CN(C(C)(C)C)C[C@H]2c2ccc(F)cc2F)CC1. The summed E-state index contributed by atoms with van der Waals surface area (Å²) < 4.78 is 29.3. The number of hydrogen-bond acceptors (Lipinski definition) is 5. The van der Waals surface area contributed by atoms with Gasteiger partial charge in [-0.3, -0.25) is 19.3 Å². The average molecular weight is 658 g/mol. The maximum atomic E-state index is 15.3. The highest BCUT2D eigenvalue weighted by molar-refractivity contribution is 5.91. The predicted molar refractivity (Wildman–Crippen MR) is 180 cm³/mol. The first-order valence-electron chi connectivity index (χ1n) is 17.8. The van der Waals surface area contributed by atoms with Crippen molar-refractivity contribution < 1.29 is 23.2 Å². The molecule has 1 aromatic rings. The van der Waals surface area contributed by atoms with Crippen LogP contribution in [0.2, 0.25) is 0 Å². The van der Waals surface area contributed by atoms with Crippen molar-refractivity contribution in [2.75, 3.05) is 52.9 Å². The van der Waals surface area contributed by atoms with E-state index >= 15 is 4.39 Å². The second-order valence-corrected chi connectivity index (χ2v) is 16.9. The van der Waals surface area contributed by atoms with Crippen LogP contribution in [0.15, 0.2) is 18.2 Å². The van der Waals surface area contributed by atoms with Gasteiger partial charge in [-0.1, -0.05) is 33.8 Å². The van der Waals surface area contributed by atoms with Crippen LogP contribution < -0.4 is 0 Å². The van der Waals surface area contributed by atoms with Crippen molar-refractivity contribution in [2.45, 2.75) is 110 Å². The Bertz CT molecular complexity index is 1310. The molecule has 0 unspecified atom stereocenters. The van der Waals surface area contributed by atoms with Gasteiger partial charge in [0.15, 0.2) is 0 Å². The number of amides is 3. The summed E-state index contributed by atoms with van der Waals surface area (Å²) in [5, 5.41) is 0. The van der Waals surface area contributed by atoms with Gasteiger partial charge in [-0.25, -0.2) is 8.78 Å². The third-order valence-corrected chi connectivity index (χ3v) is 11.3. The summed E-state index contributed by atoms with van der Waals surface area (Å²) in [6.45, 7) is 18.2. The van der Waals surface area contributed by atoms with Crippen LogP contribution in [0.25, 0.3) is 0 Å². The van der Waals surface area contributed by atoms with Gasteiger partial charge in [-0.05, 0) is 77.5 Å². The van der Waals surface area contributed by atoms with E-state index in [0.29, 0.717) is 44.1 Å². The Balaban J connectivity index is 1.51. The molecule has 10 heteroatoms. The fourth-order valence-electron chi connectivity index (χ4n) is 8.20. The van der Waals surface area contributed by atoms with Gasteiger partial charge in [0.1, 0.15) is 17.7 Å². The summed E-state index contributed by atoms with van der Waals surface area (Å²) in [5.74, 6) is -1.98. The minimum atomic E-state index is -0.698. The van der Waals surface area contributed by atoms with E-state index in [9.17, 15) is 18.8 Å². The number of carbonyl (C=O) groups excluding carboxylic acids is 3. The second kappa shape index (κ2) is 13.7. The Morgan fingerprint density at radius 3 is 2.04 bits per heavy atom. The van der Waals surface area contributed by atoms with Gasteiger partial charge < -0.3 is 19.6 Å². The zero-order valence-corrected chi connectivity index (χ0v) is 29.9. The van der Waals surface area contributed by atoms with Gasteiger partial charge in [0, 0.05) is 74.8 Å². The summed E-state index contributed by atoms with van der Waals surface area (Å²) in [6, 6.07) is 2.70. The number of nitrogens with zero attached hydrogens (tertiary/aromatic N) is 5. The fourth-order valence-corrected chi connectivity index (χ4v) is 8.20. The number of benzene rings is 1. The lowest BCUT2D eigenvalue weighted by molar-refractivity contribution is -0.147. The van der Waals surface area contributed by atoms with Gasteiger partial charge in [0.2, 0.25) is 17.7 Å². The Labute approximate surface area is 280 Å². The largest absolute Gasteiger partial charge is 0.338 e. The van der Waals surface area contributed by atoms with E-state index in [1.165, 1.54) is 12.1 Å². The monoisotopic (exact) mass is 657 g/mol. The molecule has 4 fully saturated rings. The number of likely N-dealkylation sites (N-methyl/N-ethyl adjacent to an activating group) is 1. The molecule has 262 valence electrons. The van der Waals surface area contributed by atoms with Crippen LogP contribution in [0.5, 0.6) is 0 Å². The van der Waals surface area contributed by atoms with Gasteiger partial charge >= 0.3 is 0 Å². The molecule has 8 nitrogen and oxygen atoms in total. The Kier molecular flexibility index (Phi) is 10.4. The molecule has 3 saturated heterocycles. The lowest BCUT2D eigenvalue weighted by atomic mass is 9.84. The summed E-state index contributed by atoms with van der Waals surface area (Å²) in [7, 11) is 2.04. The molecule has 0 aromatic heterocycles. The first-order chi connectivity index (χ1) is 22.0. The predicted octanol–water partition coefficient (Wildman–Crippen LogP) is 4.98. The van der Waals surface area contributed by atoms with E-state index < -0.39 is 34.9 Å². The summed E-state index contributed by atoms with van der Waals surface area (Å²) in [4.78, 5) is 53.5. The molecule has 1 aliphatic carbocycles. The molecule has 5 rings (SSSR count). The smallest absolute Gasteiger partial charge is 0.245 e. The zero-order valence-electron chi connectivity index (χ0n) is 29.9. The van der Waals surface area contributed by atoms with Crippen molar-refractivity contribution in [2.24, 2.45) is 17.3 Å². The minimum absolute atomic E-state index is 0.0631. The molecule has 3 aliphatic heterocycles. The second-order valence-electron chi connectivity index (χ2n) is 16.9. The lowest BCUT2D eigenvalue weighted by Crippen LogP contribution is -2.54. The Morgan fingerprint density at radius 1 is 0.830 bits per heavy atom. The van der Waals surface area contributed by atoms with E-state index in [1.807, 2.05) is 32.7 Å². The standard InChI is InChI=1S/C37H57F2N5O3/c1-24-9-12-26(13-10-24)44(35(47)36(2,3)4)27-20-32(34(46)41-17-15-40(8)16-18-41)43(21-27)33(45)30-23-42(37(5,6)7)22-29(30)28-14-11-25(38)19-31(28)39/h11,14,19,24,26-27,29-30,32H,9-10,12-13,15-18,20-23H2,1-8H3/t24-,26+,27-,29-,30+,32-/m0/s1. The van der Waals surface area contributed by atoms with Gasteiger partial charge in [0.25, 0.3) is 0 Å². The first-order valence-corrected chi connectivity index (χ1v) is 17.8. The quantitative estimate of drug-likeness (QED) is 0.448. The third-order valence-electron chi connectivity index (χ3n) is 11.3. The van der Waals surface area contributed by atoms with E-state index in [1.54, 1.807) is 4.90 Å².